The highest BCUT2D eigenvalue weighted by molar-refractivity contribution is 7.16. The zero-order valence-electron chi connectivity index (χ0n) is 14.5. The Morgan fingerprint density at radius 2 is 1.86 bits per heavy atom. The lowest BCUT2D eigenvalue weighted by Gasteiger charge is -2.06. The van der Waals surface area contributed by atoms with Gasteiger partial charge in [0.05, 0.1) is 10.9 Å². The highest BCUT2D eigenvalue weighted by Crippen LogP contribution is 2.30. The SMILES string of the molecule is O=C(C=Cc1ccc(-c2ccccc2F)s1)Nn1cnc2ccccc2c1=O. The summed E-state index contributed by atoms with van der Waals surface area (Å²) in [5, 5.41) is 0.419. The Labute approximate surface area is 163 Å². The van der Waals surface area contributed by atoms with Crippen LogP contribution in [0.3, 0.4) is 0 Å². The first-order chi connectivity index (χ1) is 13.6. The molecule has 1 amide bonds. The number of halogens is 1. The molecule has 0 fully saturated rings. The van der Waals surface area contributed by atoms with Crippen molar-refractivity contribution >= 4 is 34.2 Å². The fraction of sp³-hybridized carbons (Fsp3) is 0. The molecule has 2 aromatic carbocycles. The summed E-state index contributed by atoms with van der Waals surface area (Å²) in [6.07, 6.45) is 4.21. The van der Waals surface area contributed by atoms with E-state index in [1.165, 1.54) is 29.8 Å². The normalized spacial score (nSPS) is 11.2. The van der Waals surface area contributed by atoms with Crippen molar-refractivity contribution in [1.82, 2.24) is 9.66 Å². The molecule has 0 aliphatic rings. The Kier molecular flexibility index (Phi) is 4.82. The number of thiophene rings is 1. The molecule has 0 aliphatic carbocycles. The summed E-state index contributed by atoms with van der Waals surface area (Å²) in [6.45, 7) is 0. The van der Waals surface area contributed by atoms with Gasteiger partial charge >= 0.3 is 0 Å². The van der Waals surface area contributed by atoms with Crippen LogP contribution in [0.15, 0.2) is 77.9 Å². The summed E-state index contributed by atoms with van der Waals surface area (Å²) in [5.41, 5.74) is 3.21. The number of para-hydroxylation sites is 1. The van der Waals surface area contributed by atoms with Crippen molar-refractivity contribution in [2.45, 2.75) is 0 Å². The van der Waals surface area contributed by atoms with Gasteiger partial charge in [-0.25, -0.2) is 14.1 Å². The molecule has 0 saturated heterocycles. The van der Waals surface area contributed by atoms with E-state index in [2.05, 4.69) is 10.4 Å². The second-order valence-electron chi connectivity index (χ2n) is 5.93. The van der Waals surface area contributed by atoms with Crippen molar-refractivity contribution in [3.63, 3.8) is 0 Å². The van der Waals surface area contributed by atoms with Crippen LogP contribution in [-0.2, 0) is 4.79 Å². The first-order valence-electron chi connectivity index (χ1n) is 8.42. The third-order valence-corrected chi connectivity index (χ3v) is 5.15. The van der Waals surface area contributed by atoms with Gasteiger partial charge < -0.3 is 0 Å². The van der Waals surface area contributed by atoms with E-state index in [1.807, 2.05) is 0 Å². The van der Waals surface area contributed by atoms with Crippen LogP contribution in [0.25, 0.3) is 27.4 Å². The minimum atomic E-state index is -0.472. The van der Waals surface area contributed by atoms with Gasteiger partial charge in [0.25, 0.3) is 11.5 Å². The van der Waals surface area contributed by atoms with Crippen molar-refractivity contribution in [2.24, 2.45) is 0 Å². The van der Waals surface area contributed by atoms with E-state index in [4.69, 9.17) is 0 Å². The minimum absolute atomic E-state index is 0.291. The van der Waals surface area contributed by atoms with E-state index in [0.717, 1.165) is 14.4 Å². The Hall–Kier alpha value is -3.58. The van der Waals surface area contributed by atoms with Crippen molar-refractivity contribution in [3.05, 3.63) is 94.1 Å². The van der Waals surface area contributed by atoms with Gasteiger partial charge in [-0.1, -0.05) is 30.3 Å². The van der Waals surface area contributed by atoms with E-state index in [1.54, 1.807) is 60.7 Å². The molecular weight excluding hydrogens is 377 g/mol. The molecule has 4 rings (SSSR count). The number of amides is 1. The van der Waals surface area contributed by atoms with Crippen LogP contribution in [0.2, 0.25) is 0 Å². The Morgan fingerprint density at radius 1 is 1.07 bits per heavy atom. The fourth-order valence-corrected chi connectivity index (χ4v) is 3.65. The maximum Gasteiger partial charge on any atom is 0.280 e. The first kappa shape index (κ1) is 17.8. The topological polar surface area (TPSA) is 64.0 Å². The Balaban J connectivity index is 1.50. The average Bonchev–Trinajstić information content (AvgIpc) is 3.18. The van der Waals surface area contributed by atoms with Crippen LogP contribution in [0.1, 0.15) is 4.88 Å². The molecular formula is C21H14FN3O2S. The van der Waals surface area contributed by atoms with Gasteiger partial charge in [-0.15, -0.1) is 11.3 Å². The van der Waals surface area contributed by atoms with Crippen molar-refractivity contribution in [3.8, 4) is 10.4 Å². The number of benzene rings is 2. The van der Waals surface area contributed by atoms with Crippen molar-refractivity contribution in [2.75, 3.05) is 5.43 Å². The molecule has 1 N–H and O–H groups in total. The quantitative estimate of drug-likeness (QED) is 0.534. The standard InChI is InChI=1S/C21H14FN3O2S/c22-17-7-3-1-5-15(17)19-11-9-14(28-19)10-12-20(26)24-25-13-23-18-8-4-2-6-16(18)21(25)27/h1-13H,(H,24,26). The van der Waals surface area contributed by atoms with Crippen LogP contribution < -0.4 is 11.0 Å². The minimum Gasteiger partial charge on any atom is -0.268 e. The number of aromatic nitrogens is 2. The Bertz CT molecular complexity index is 1260. The smallest absolute Gasteiger partial charge is 0.268 e. The number of rotatable bonds is 4. The second-order valence-corrected chi connectivity index (χ2v) is 7.04. The fourth-order valence-electron chi connectivity index (χ4n) is 2.71. The van der Waals surface area contributed by atoms with E-state index in [9.17, 15) is 14.0 Å². The van der Waals surface area contributed by atoms with Gasteiger partial charge in [-0.05, 0) is 36.4 Å². The summed E-state index contributed by atoms with van der Waals surface area (Å²) in [7, 11) is 0. The van der Waals surface area contributed by atoms with E-state index in [0.29, 0.717) is 16.5 Å². The number of hydrogen-bond donors (Lipinski definition) is 1. The predicted octanol–water partition coefficient (Wildman–Crippen LogP) is 4.05. The molecule has 0 bridgehead atoms. The number of fused-ring (bicyclic) bond motifs is 1. The van der Waals surface area contributed by atoms with Crippen LogP contribution in [0.5, 0.6) is 0 Å². The predicted molar refractivity (Wildman–Crippen MR) is 109 cm³/mol. The van der Waals surface area contributed by atoms with E-state index in [-0.39, 0.29) is 11.4 Å². The zero-order chi connectivity index (χ0) is 19.5. The molecule has 0 radical (unpaired) electrons. The van der Waals surface area contributed by atoms with E-state index < -0.39 is 5.91 Å². The second kappa shape index (κ2) is 7.58. The van der Waals surface area contributed by atoms with Gasteiger partial charge in [-0.3, -0.25) is 15.0 Å². The van der Waals surface area contributed by atoms with Crippen LogP contribution >= 0.6 is 11.3 Å². The average molecular weight is 391 g/mol. The lowest BCUT2D eigenvalue weighted by atomic mass is 10.2. The molecule has 0 unspecified atom stereocenters. The van der Waals surface area contributed by atoms with Crippen molar-refractivity contribution < 1.29 is 9.18 Å². The highest BCUT2D eigenvalue weighted by Gasteiger charge is 2.07. The third-order valence-electron chi connectivity index (χ3n) is 4.06. The van der Waals surface area contributed by atoms with Crippen molar-refractivity contribution in [1.29, 1.82) is 0 Å². The summed E-state index contributed by atoms with van der Waals surface area (Å²) in [4.78, 5) is 30.3. The largest absolute Gasteiger partial charge is 0.280 e. The Morgan fingerprint density at radius 3 is 2.71 bits per heavy atom. The molecule has 5 nitrogen and oxygen atoms in total. The highest BCUT2D eigenvalue weighted by atomic mass is 32.1. The molecule has 0 saturated carbocycles. The number of nitrogens with one attached hydrogen (secondary N) is 1. The summed E-state index contributed by atoms with van der Waals surface area (Å²) >= 11 is 1.37. The van der Waals surface area contributed by atoms with Gasteiger partial charge in [-0.2, -0.15) is 0 Å². The van der Waals surface area contributed by atoms with Crippen LogP contribution in [0, 0.1) is 5.82 Å². The molecule has 2 aromatic heterocycles. The zero-order valence-corrected chi connectivity index (χ0v) is 15.3. The first-order valence-corrected chi connectivity index (χ1v) is 9.24. The summed E-state index contributed by atoms with van der Waals surface area (Å²) in [5.74, 6) is -0.763. The van der Waals surface area contributed by atoms with E-state index >= 15 is 0 Å². The molecule has 0 aliphatic heterocycles. The third kappa shape index (κ3) is 3.60. The summed E-state index contributed by atoms with van der Waals surface area (Å²) in [6, 6.07) is 17.0. The van der Waals surface area contributed by atoms with Gasteiger partial charge in [0.2, 0.25) is 0 Å². The number of carbonyl (C=O) groups excluding carboxylic acids is 1. The molecule has 28 heavy (non-hydrogen) atoms. The number of carbonyl (C=O) groups is 1. The maximum absolute atomic E-state index is 13.9. The monoisotopic (exact) mass is 391 g/mol. The molecule has 0 atom stereocenters. The molecule has 2 heterocycles. The number of hydrogen-bond acceptors (Lipinski definition) is 4. The maximum atomic E-state index is 13.9. The lowest BCUT2D eigenvalue weighted by Crippen LogP contribution is -2.32. The number of nitrogens with zero attached hydrogens (tertiary/aromatic N) is 2. The molecule has 7 heteroatoms. The lowest BCUT2D eigenvalue weighted by molar-refractivity contribution is -0.112. The van der Waals surface area contributed by atoms with Gasteiger partial charge in [0.1, 0.15) is 12.1 Å². The van der Waals surface area contributed by atoms with Crippen LogP contribution in [-0.4, -0.2) is 15.6 Å². The summed E-state index contributed by atoms with van der Waals surface area (Å²) < 4.78 is 14.9. The molecule has 0 spiro atoms. The van der Waals surface area contributed by atoms with Crippen LogP contribution in [0.4, 0.5) is 4.39 Å². The molecule has 138 valence electrons. The van der Waals surface area contributed by atoms with Gasteiger partial charge in [0, 0.05) is 21.4 Å². The van der Waals surface area contributed by atoms with Gasteiger partial charge in [0.15, 0.2) is 0 Å². The molecule has 4 aromatic rings.